The molecule has 2 rings (SSSR count). The second-order valence-corrected chi connectivity index (χ2v) is 17.9. The summed E-state index contributed by atoms with van der Waals surface area (Å²) in [4.78, 5) is 14.0. The lowest BCUT2D eigenvalue weighted by atomic mass is 9.79. The minimum atomic E-state index is -0.196. The number of hydrogen-bond donors (Lipinski definition) is 2. The van der Waals surface area contributed by atoms with E-state index in [1.165, 1.54) is 0 Å². The first kappa shape index (κ1) is 33.6. The van der Waals surface area contributed by atoms with Gasteiger partial charge in [-0.2, -0.15) is 0 Å². The van der Waals surface area contributed by atoms with Gasteiger partial charge in [0.05, 0.1) is 0 Å². The van der Waals surface area contributed by atoms with Gasteiger partial charge in [-0.3, -0.25) is 0 Å². The Balaban J connectivity index is 2.40. The van der Waals surface area contributed by atoms with Crippen LogP contribution in [0.2, 0.25) is 0 Å². The number of rotatable bonds is 8. The molecule has 0 aromatic heterocycles. The third-order valence-corrected chi connectivity index (χ3v) is 9.32. The van der Waals surface area contributed by atoms with Crippen molar-refractivity contribution in [2.45, 2.75) is 145 Å². The van der Waals surface area contributed by atoms with Crippen molar-refractivity contribution in [1.29, 1.82) is 0 Å². The fourth-order valence-corrected chi connectivity index (χ4v) is 7.38. The lowest BCUT2D eigenvalue weighted by Gasteiger charge is -2.29. The van der Waals surface area contributed by atoms with Gasteiger partial charge in [0, 0.05) is 49.0 Å². The number of thioether (sulfide) groups is 2. The van der Waals surface area contributed by atoms with Crippen LogP contribution in [-0.4, -0.2) is 27.0 Å². The summed E-state index contributed by atoms with van der Waals surface area (Å²) in [7, 11) is 0. The summed E-state index contributed by atoms with van der Waals surface area (Å²) in [5.41, 5.74) is 3.09. The van der Waals surface area contributed by atoms with E-state index in [9.17, 15) is 15.0 Å². The maximum atomic E-state index is 11.7. The summed E-state index contributed by atoms with van der Waals surface area (Å²) in [5, 5.41) is 22.6. The zero-order chi connectivity index (χ0) is 30.1. The van der Waals surface area contributed by atoms with Crippen molar-refractivity contribution in [2.75, 3.05) is 0 Å². The number of aromatic hydroxyl groups is 2. The lowest BCUT2D eigenvalue weighted by molar-refractivity contribution is -0.107. The van der Waals surface area contributed by atoms with Crippen LogP contribution >= 0.6 is 23.5 Å². The van der Waals surface area contributed by atoms with E-state index in [1.54, 1.807) is 11.8 Å². The van der Waals surface area contributed by atoms with Crippen LogP contribution in [0.4, 0.5) is 0 Å². The summed E-state index contributed by atoms with van der Waals surface area (Å²) in [5.74, 6) is 0.782. The standard InChI is InChI=1S/C34H52O3S2/c1-21(38-23-17-25(31(2,3)4)29(36)26(18-23)32(5,6)7)16-22(14-15-35)39-24-19-27(33(8,9)10)30(37)28(20-24)34(11,12)13/h15,17-22,36-37H,14,16H2,1-13H3. The lowest BCUT2D eigenvalue weighted by Crippen LogP contribution is -2.18. The number of carbonyl (C=O) groups is 1. The zero-order valence-corrected chi connectivity index (χ0v) is 28.2. The van der Waals surface area contributed by atoms with Crippen molar-refractivity contribution < 1.29 is 15.0 Å². The minimum Gasteiger partial charge on any atom is -0.507 e. The molecule has 218 valence electrons. The molecule has 2 aromatic carbocycles. The smallest absolute Gasteiger partial charge is 0.123 e. The molecule has 2 unspecified atom stereocenters. The second kappa shape index (κ2) is 12.1. The maximum absolute atomic E-state index is 11.7. The Morgan fingerprint density at radius 2 is 0.949 bits per heavy atom. The second-order valence-electron chi connectivity index (χ2n) is 15.0. The molecule has 2 atom stereocenters. The summed E-state index contributed by atoms with van der Waals surface area (Å²) < 4.78 is 0. The molecule has 0 saturated carbocycles. The molecule has 0 amide bonds. The number of aldehydes is 1. The van der Waals surface area contributed by atoms with Crippen molar-refractivity contribution in [3.63, 3.8) is 0 Å². The van der Waals surface area contributed by atoms with E-state index in [0.29, 0.717) is 17.9 Å². The van der Waals surface area contributed by atoms with Gasteiger partial charge in [-0.05, 0) is 52.3 Å². The van der Waals surface area contributed by atoms with E-state index in [0.717, 1.165) is 44.8 Å². The highest BCUT2D eigenvalue weighted by atomic mass is 32.2. The van der Waals surface area contributed by atoms with Gasteiger partial charge in [-0.15, -0.1) is 23.5 Å². The summed E-state index contributed by atoms with van der Waals surface area (Å²) in [6.07, 6.45) is 2.37. The van der Waals surface area contributed by atoms with E-state index in [2.05, 4.69) is 114 Å². The molecule has 0 aliphatic carbocycles. The molecule has 0 bridgehead atoms. The SMILES string of the molecule is CC(CC(CC=O)Sc1cc(C(C)(C)C)c(O)c(C(C)(C)C)c1)Sc1cc(C(C)(C)C)c(O)c(C(C)(C)C)c1. The van der Waals surface area contributed by atoms with Crippen LogP contribution in [0.3, 0.4) is 0 Å². The van der Waals surface area contributed by atoms with Crippen molar-refractivity contribution >= 4 is 29.8 Å². The Morgan fingerprint density at radius 3 is 1.23 bits per heavy atom. The molecule has 3 nitrogen and oxygen atoms in total. The molecule has 39 heavy (non-hydrogen) atoms. The third-order valence-electron chi connectivity index (χ3n) is 6.99. The van der Waals surface area contributed by atoms with Crippen LogP contribution in [0, 0.1) is 0 Å². The van der Waals surface area contributed by atoms with Gasteiger partial charge in [0.15, 0.2) is 0 Å². The third kappa shape index (κ3) is 8.95. The first-order valence-electron chi connectivity index (χ1n) is 14.1. The van der Waals surface area contributed by atoms with Gasteiger partial charge in [-0.25, -0.2) is 0 Å². The normalized spacial score (nSPS) is 14.8. The average Bonchev–Trinajstić information content (AvgIpc) is 2.72. The van der Waals surface area contributed by atoms with Gasteiger partial charge in [0.1, 0.15) is 17.8 Å². The van der Waals surface area contributed by atoms with Gasteiger partial charge in [-0.1, -0.05) is 90.0 Å². The highest BCUT2D eigenvalue weighted by Gasteiger charge is 2.29. The Kier molecular flexibility index (Phi) is 10.4. The van der Waals surface area contributed by atoms with E-state index in [1.807, 2.05) is 11.8 Å². The quantitative estimate of drug-likeness (QED) is 0.243. The fraction of sp³-hybridized carbons (Fsp3) is 0.618. The van der Waals surface area contributed by atoms with Crippen molar-refractivity contribution in [2.24, 2.45) is 0 Å². The van der Waals surface area contributed by atoms with E-state index >= 15 is 0 Å². The Labute approximate surface area is 247 Å². The number of carbonyl (C=O) groups excluding carboxylic acids is 1. The number of hydrogen-bond acceptors (Lipinski definition) is 5. The summed E-state index contributed by atoms with van der Waals surface area (Å²) in [6, 6.07) is 8.49. The molecular weight excluding hydrogens is 521 g/mol. The van der Waals surface area contributed by atoms with Crippen LogP contribution in [0.25, 0.3) is 0 Å². The molecule has 0 saturated heterocycles. The molecule has 0 heterocycles. The predicted octanol–water partition coefficient (Wildman–Crippen LogP) is 9.91. The molecule has 5 heteroatoms. The van der Waals surface area contributed by atoms with Gasteiger partial charge in [0.25, 0.3) is 0 Å². The average molecular weight is 573 g/mol. The maximum Gasteiger partial charge on any atom is 0.123 e. The number of benzene rings is 2. The van der Waals surface area contributed by atoms with E-state index < -0.39 is 0 Å². The molecule has 0 fully saturated rings. The Bertz CT molecular complexity index is 1080. The molecule has 0 spiro atoms. The summed E-state index contributed by atoms with van der Waals surface area (Å²) in [6.45, 7) is 27.8. The fourth-order valence-electron chi connectivity index (χ4n) is 4.78. The van der Waals surface area contributed by atoms with Crippen LogP contribution in [0.5, 0.6) is 11.5 Å². The molecule has 2 N–H and O–H groups in total. The van der Waals surface area contributed by atoms with Crippen molar-refractivity contribution in [3.8, 4) is 11.5 Å². The van der Waals surface area contributed by atoms with Gasteiger partial charge < -0.3 is 15.0 Å². The van der Waals surface area contributed by atoms with Crippen LogP contribution in [0.15, 0.2) is 34.1 Å². The highest BCUT2D eigenvalue weighted by Crippen LogP contribution is 2.45. The molecular formula is C34H52O3S2. The predicted molar refractivity (Wildman–Crippen MR) is 171 cm³/mol. The molecule has 2 aromatic rings. The monoisotopic (exact) mass is 572 g/mol. The van der Waals surface area contributed by atoms with Crippen LogP contribution in [0.1, 0.15) is 125 Å². The van der Waals surface area contributed by atoms with Crippen molar-refractivity contribution in [1.82, 2.24) is 0 Å². The largest absolute Gasteiger partial charge is 0.507 e. The summed E-state index contributed by atoms with van der Waals surface area (Å²) >= 11 is 3.56. The van der Waals surface area contributed by atoms with E-state index in [4.69, 9.17) is 0 Å². The first-order chi connectivity index (χ1) is 17.6. The number of phenols is 2. The van der Waals surface area contributed by atoms with Gasteiger partial charge in [0.2, 0.25) is 0 Å². The number of phenolic OH excluding ortho intramolecular Hbond substituents is 2. The molecule has 0 radical (unpaired) electrons. The first-order valence-corrected chi connectivity index (χ1v) is 15.8. The van der Waals surface area contributed by atoms with Gasteiger partial charge >= 0.3 is 0 Å². The topological polar surface area (TPSA) is 57.5 Å². The van der Waals surface area contributed by atoms with Crippen LogP contribution in [-0.2, 0) is 26.5 Å². The van der Waals surface area contributed by atoms with Crippen LogP contribution < -0.4 is 0 Å². The van der Waals surface area contributed by atoms with E-state index in [-0.39, 0.29) is 32.2 Å². The Hall–Kier alpha value is -1.59. The molecule has 0 aliphatic heterocycles. The minimum absolute atomic E-state index is 0.122. The molecule has 0 aliphatic rings. The zero-order valence-electron chi connectivity index (χ0n) is 26.6. The van der Waals surface area contributed by atoms with Crippen molar-refractivity contribution in [3.05, 3.63) is 46.5 Å². The highest BCUT2D eigenvalue weighted by molar-refractivity contribution is 8.00. The Morgan fingerprint density at radius 1 is 0.641 bits per heavy atom.